The molecule has 5 N–H and O–H groups in total. The number of aryl methyl sites for hydroxylation is 1. The van der Waals surface area contributed by atoms with Crippen LogP contribution in [0.3, 0.4) is 0 Å². The van der Waals surface area contributed by atoms with Gasteiger partial charge >= 0.3 is 5.97 Å². The number of aromatic carboxylic acids is 1. The van der Waals surface area contributed by atoms with E-state index in [-0.39, 0.29) is 17.0 Å². The Morgan fingerprint density at radius 3 is 2.35 bits per heavy atom. The fourth-order valence-corrected chi connectivity index (χ4v) is 2.35. The lowest BCUT2D eigenvalue weighted by molar-refractivity contribution is 0.0692. The summed E-state index contributed by atoms with van der Waals surface area (Å²) >= 11 is 0. The summed E-state index contributed by atoms with van der Waals surface area (Å²) in [6.45, 7) is 1.48. The Morgan fingerprint density at radius 1 is 1.47 bits per heavy atom. The van der Waals surface area contributed by atoms with Gasteiger partial charge in [-0.1, -0.05) is 0 Å². The molecule has 0 atom stereocenters. The molecule has 0 aliphatic carbocycles. The molecule has 0 saturated heterocycles. The van der Waals surface area contributed by atoms with E-state index in [1.54, 1.807) is 0 Å². The molecule has 0 aliphatic rings. The highest BCUT2D eigenvalue weighted by molar-refractivity contribution is 7.89. The molecule has 94 valence electrons. The van der Waals surface area contributed by atoms with Crippen molar-refractivity contribution < 1.29 is 23.1 Å². The molecule has 0 amide bonds. The minimum atomic E-state index is -4.17. The highest BCUT2D eigenvalue weighted by Crippen LogP contribution is 2.34. The summed E-state index contributed by atoms with van der Waals surface area (Å²) in [5, 5.41) is 13.9. The first-order chi connectivity index (χ1) is 7.70. The zero-order valence-electron chi connectivity index (χ0n) is 9.22. The van der Waals surface area contributed by atoms with Crippen molar-refractivity contribution >= 4 is 21.7 Å². The smallest absolute Gasteiger partial charge is 0.339 e. The van der Waals surface area contributed by atoms with Gasteiger partial charge in [-0.3, -0.25) is 0 Å². The number of hydrogen-bond acceptors (Lipinski definition) is 5. The van der Waals surface area contributed by atoms with E-state index < -0.39 is 20.9 Å². The molecule has 0 bridgehead atoms. The van der Waals surface area contributed by atoms with Gasteiger partial charge in [0.15, 0.2) is 5.75 Å². The number of carboxylic acid groups (broad SMARTS) is 1. The Kier molecular flexibility index (Phi) is 3.30. The molecule has 0 saturated carbocycles. The van der Waals surface area contributed by atoms with Crippen molar-refractivity contribution in [1.82, 2.24) is 0 Å². The summed E-state index contributed by atoms with van der Waals surface area (Å²) in [6.07, 6.45) is 0. The zero-order valence-corrected chi connectivity index (χ0v) is 10.0. The average molecular weight is 260 g/mol. The Morgan fingerprint density at radius 2 is 2.00 bits per heavy atom. The van der Waals surface area contributed by atoms with Gasteiger partial charge in [-0.15, -0.1) is 0 Å². The first kappa shape index (κ1) is 13.3. The Hall–Kier alpha value is -1.80. The van der Waals surface area contributed by atoms with E-state index in [2.05, 4.69) is 0 Å². The maximum Gasteiger partial charge on any atom is 0.339 e. The van der Waals surface area contributed by atoms with Gasteiger partial charge in [0.2, 0.25) is 10.0 Å². The van der Waals surface area contributed by atoms with Crippen LogP contribution in [0.4, 0.5) is 5.69 Å². The van der Waals surface area contributed by atoms with Crippen molar-refractivity contribution in [3.8, 4) is 5.75 Å². The largest absolute Gasteiger partial charge is 0.494 e. The summed E-state index contributed by atoms with van der Waals surface area (Å²) in [4.78, 5) is 10.5. The summed E-state index contributed by atoms with van der Waals surface area (Å²) in [5.74, 6) is -1.68. The molecule has 8 heteroatoms. The van der Waals surface area contributed by atoms with Gasteiger partial charge in [-0.2, -0.15) is 0 Å². The van der Waals surface area contributed by atoms with E-state index in [1.165, 1.54) is 13.0 Å². The van der Waals surface area contributed by atoms with Crippen molar-refractivity contribution in [3.05, 3.63) is 17.2 Å². The molecule has 1 aromatic rings. The number of methoxy groups -OCH3 is 1. The third-order valence-electron chi connectivity index (χ3n) is 2.20. The molecule has 17 heavy (non-hydrogen) atoms. The van der Waals surface area contributed by atoms with Gasteiger partial charge in [0.25, 0.3) is 0 Å². The lowest BCUT2D eigenvalue weighted by atomic mass is 10.1. The van der Waals surface area contributed by atoms with Crippen LogP contribution in [0.15, 0.2) is 11.0 Å². The van der Waals surface area contributed by atoms with E-state index in [4.69, 9.17) is 20.7 Å². The molecule has 0 radical (unpaired) electrons. The Bertz CT molecular complexity index is 580. The first-order valence-electron chi connectivity index (χ1n) is 4.43. The Balaban J connectivity index is 3.85. The minimum absolute atomic E-state index is 0.116. The van der Waals surface area contributed by atoms with E-state index >= 15 is 0 Å². The first-order valence-corrected chi connectivity index (χ1v) is 5.98. The van der Waals surface area contributed by atoms with Gasteiger partial charge < -0.3 is 15.6 Å². The fourth-order valence-electron chi connectivity index (χ4n) is 1.43. The molecule has 0 heterocycles. The number of benzene rings is 1. The normalized spacial score (nSPS) is 11.2. The second kappa shape index (κ2) is 4.22. The molecule has 7 nitrogen and oxygen atoms in total. The Labute approximate surface area is 98.0 Å². The SMILES string of the molecule is COc1c(C(=O)O)cc(C)c(N)c1S(N)(=O)=O. The van der Waals surface area contributed by atoms with Gasteiger partial charge in [-0.05, 0) is 18.6 Å². The molecule has 0 unspecified atom stereocenters. The van der Waals surface area contributed by atoms with Crippen LogP contribution in [0, 0.1) is 6.92 Å². The predicted molar refractivity (Wildman–Crippen MR) is 60.5 cm³/mol. The number of hydrogen-bond donors (Lipinski definition) is 3. The molecular formula is C9H12N2O5S. The van der Waals surface area contributed by atoms with Crippen molar-refractivity contribution in [2.24, 2.45) is 5.14 Å². The van der Waals surface area contributed by atoms with Crippen molar-refractivity contribution in [1.29, 1.82) is 0 Å². The molecule has 0 aliphatic heterocycles. The van der Waals surface area contributed by atoms with Crippen LogP contribution in [0.25, 0.3) is 0 Å². The minimum Gasteiger partial charge on any atom is -0.494 e. The zero-order chi connectivity index (χ0) is 13.4. The third kappa shape index (κ3) is 2.32. The number of nitrogen functional groups attached to an aromatic ring is 1. The van der Waals surface area contributed by atoms with Crippen LogP contribution < -0.4 is 15.6 Å². The third-order valence-corrected chi connectivity index (χ3v) is 3.17. The quantitative estimate of drug-likeness (QED) is 0.651. The van der Waals surface area contributed by atoms with Crippen molar-refractivity contribution in [2.75, 3.05) is 12.8 Å². The number of sulfonamides is 1. The van der Waals surface area contributed by atoms with Gasteiger partial charge in [0.1, 0.15) is 10.5 Å². The molecule has 1 aromatic carbocycles. The lowest BCUT2D eigenvalue weighted by Gasteiger charge is -2.14. The van der Waals surface area contributed by atoms with Gasteiger partial charge in [-0.25, -0.2) is 18.4 Å². The number of primary sulfonamides is 1. The topological polar surface area (TPSA) is 133 Å². The van der Waals surface area contributed by atoms with Crippen LogP contribution in [-0.4, -0.2) is 26.6 Å². The maximum atomic E-state index is 11.4. The van der Waals surface area contributed by atoms with E-state index in [1.807, 2.05) is 0 Å². The predicted octanol–water partition coefficient (Wildman–Crippen LogP) is -0.0686. The molecule has 0 aromatic heterocycles. The molecule has 0 spiro atoms. The van der Waals surface area contributed by atoms with Gasteiger partial charge in [0.05, 0.1) is 12.8 Å². The van der Waals surface area contributed by atoms with Crippen LogP contribution >= 0.6 is 0 Å². The number of anilines is 1. The summed E-state index contributed by atoms with van der Waals surface area (Å²) in [5.41, 5.74) is 5.46. The van der Waals surface area contributed by atoms with Crippen LogP contribution in [0.1, 0.15) is 15.9 Å². The van der Waals surface area contributed by atoms with Crippen LogP contribution in [-0.2, 0) is 10.0 Å². The monoisotopic (exact) mass is 260 g/mol. The summed E-state index contributed by atoms with van der Waals surface area (Å²) < 4.78 is 27.6. The number of carboxylic acids is 1. The highest BCUT2D eigenvalue weighted by Gasteiger charge is 2.26. The van der Waals surface area contributed by atoms with Crippen LogP contribution in [0.2, 0.25) is 0 Å². The van der Waals surface area contributed by atoms with E-state index in [0.29, 0.717) is 5.56 Å². The van der Waals surface area contributed by atoms with Crippen LogP contribution in [0.5, 0.6) is 5.75 Å². The number of nitrogens with two attached hydrogens (primary N) is 2. The molecule has 1 rings (SSSR count). The number of rotatable bonds is 3. The van der Waals surface area contributed by atoms with Crippen molar-refractivity contribution in [3.63, 3.8) is 0 Å². The standard InChI is InChI=1S/C9H12N2O5S/c1-4-3-5(9(12)13)7(16-2)8(6(4)10)17(11,14)15/h3H,10H2,1-2H3,(H,12,13)(H2,11,14,15). The second-order valence-electron chi connectivity index (χ2n) is 3.37. The van der Waals surface area contributed by atoms with Gasteiger partial charge in [0, 0.05) is 0 Å². The number of carbonyl (C=O) groups is 1. The lowest BCUT2D eigenvalue weighted by Crippen LogP contribution is -2.18. The second-order valence-corrected chi connectivity index (χ2v) is 4.87. The molecular weight excluding hydrogens is 248 g/mol. The van der Waals surface area contributed by atoms with E-state index in [9.17, 15) is 13.2 Å². The number of ether oxygens (including phenoxy) is 1. The summed E-state index contributed by atoms with van der Waals surface area (Å²) in [7, 11) is -3.02. The molecule has 0 fully saturated rings. The summed E-state index contributed by atoms with van der Waals surface area (Å²) in [6, 6.07) is 1.23. The highest BCUT2D eigenvalue weighted by atomic mass is 32.2. The average Bonchev–Trinajstić information content (AvgIpc) is 2.18. The van der Waals surface area contributed by atoms with E-state index in [0.717, 1.165) is 7.11 Å². The maximum absolute atomic E-state index is 11.4. The van der Waals surface area contributed by atoms with Crippen molar-refractivity contribution in [2.45, 2.75) is 11.8 Å². The fraction of sp³-hybridized carbons (Fsp3) is 0.222.